The van der Waals surface area contributed by atoms with Gasteiger partial charge in [0, 0.05) is 17.5 Å². The van der Waals surface area contributed by atoms with Gasteiger partial charge in [-0.2, -0.15) is 0 Å². The third kappa shape index (κ3) is 5.75. The van der Waals surface area contributed by atoms with Crippen LogP contribution in [0.1, 0.15) is 34.6 Å². The van der Waals surface area contributed by atoms with Crippen molar-refractivity contribution < 1.29 is 23.5 Å². The molecule has 3 aromatic rings. The molecule has 0 aliphatic heterocycles. The number of esters is 1. The highest BCUT2D eigenvalue weighted by Crippen LogP contribution is 2.29. The molecule has 7 nitrogen and oxygen atoms in total. The summed E-state index contributed by atoms with van der Waals surface area (Å²) in [4.78, 5) is 37.0. The van der Waals surface area contributed by atoms with Crippen LogP contribution in [0, 0.1) is 5.92 Å². The summed E-state index contributed by atoms with van der Waals surface area (Å²) < 4.78 is 16.1. The van der Waals surface area contributed by atoms with E-state index in [1.807, 2.05) is 30.3 Å². The second-order valence-corrected chi connectivity index (χ2v) is 8.79. The maximum absolute atomic E-state index is 12.8. The van der Waals surface area contributed by atoms with Crippen molar-refractivity contribution in [2.45, 2.75) is 46.3 Å². The van der Waals surface area contributed by atoms with E-state index in [1.165, 1.54) is 12.1 Å². The number of carbonyl (C=O) groups excluding carboxylic acids is 2. The molecule has 0 fully saturated rings. The molecule has 1 N–H and O–H groups in total. The van der Waals surface area contributed by atoms with E-state index in [0.717, 1.165) is 11.1 Å². The molecule has 3 rings (SSSR count). The number of hydrogen-bond acceptors (Lipinski definition) is 6. The molecular weight excluding hydrogens is 410 g/mol. The van der Waals surface area contributed by atoms with Crippen LogP contribution in [0.25, 0.3) is 22.1 Å². The molecule has 0 bridgehead atoms. The lowest BCUT2D eigenvalue weighted by atomic mass is 10.0. The average Bonchev–Trinajstić information content (AvgIpc) is 2.70. The van der Waals surface area contributed by atoms with E-state index in [2.05, 4.69) is 5.32 Å². The summed E-state index contributed by atoms with van der Waals surface area (Å²) >= 11 is 0. The predicted octanol–water partition coefficient (Wildman–Crippen LogP) is 4.91. The van der Waals surface area contributed by atoms with E-state index >= 15 is 0 Å². The molecule has 0 saturated carbocycles. The molecule has 1 atom stereocenters. The van der Waals surface area contributed by atoms with Crippen LogP contribution < -0.4 is 15.7 Å². The molecule has 2 aromatic carbocycles. The molecular formula is C25H27NO6. The second kappa shape index (κ2) is 9.26. The molecule has 1 unspecified atom stereocenters. The monoisotopic (exact) mass is 437 g/mol. The zero-order chi connectivity index (χ0) is 23.5. The van der Waals surface area contributed by atoms with Gasteiger partial charge in [0.1, 0.15) is 23.0 Å². The van der Waals surface area contributed by atoms with Crippen molar-refractivity contribution in [1.82, 2.24) is 5.32 Å². The lowest BCUT2D eigenvalue weighted by Gasteiger charge is -2.24. The minimum Gasteiger partial charge on any atom is -0.444 e. The van der Waals surface area contributed by atoms with Gasteiger partial charge in [0.2, 0.25) is 0 Å². The molecule has 0 aliphatic rings. The Labute approximate surface area is 186 Å². The second-order valence-electron chi connectivity index (χ2n) is 8.79. The first-order valence-corrected chi connectivity index (χ1v) is 10.4. The number of carbonyl (C=O) groups is 2. The van der Waals surface area contributed by atoms with Crippen LogP contribution in [0.15, 0.2) is 63.8 Å². The Morgan fingerprint density at radius 2 is 1.69 bits per heavy atom. The number of amides is 1. The Morgan fingerprint density at radius 3 is 2.31 bits per heavy atom. The fourth-order valence-electron chi connectivity index (χ4n) is 3.18. The third-order valence-electron chi connectivity index (χ3n) is 4.61. The summed E-state index contributed by atoms with van der Waals surface area (Å²) in [6.45, 7) is 8.79. The highest BCUT2D eigenvalue weighted by atomic mass is 16.6. The molecule has 0 spiro atoms. The van der Waals surface area contributed by atoms with Gasteiger partial charge >= 0.3 is 17.7 Å². The summed E-state index contributed by atoms with van der Waals surface area (Å²) in [5, 5.41) is 3.27. The number of benzene rings is 2. The maximum atomic E-state index is 12.8. The van der Waals surface area contributed by atoms with E-state index in [-0.39, 0.29) is 11.7 Å². The highest BCUT2D eigenvalue weighted by Gasteiger charge is 2.28. The van der Waals surface area contributed by atoms with Gasteiger partial charge in [-0.1, -0.05) is 44.2 Å². The van der Waals surface area contributed by atoms with Gasteiger partial charge < -0.3 is 19.2 Å². The Bertz CT molecular complexity index is 1170. The van der Waals surface area contributed by atoms with Gasteiger partial charge in [-0.05, 0) is 49.9 Å². The third-order valence-corrected chi connectivity index (χ3v) is 4.61. The van der Waals surface area contributed by atoms with Crippen molar-refractivity contribution in [1.29, 1.82) is 0 Å². The van der Waals surface area contributed by atoms with Crippen molar-refractivity contribution in [2.24, 2.45) is 5.92 Å². The quantitative estimate of drug-likeness (QED) is 0.346. The van der Waals surface area contributed by atoms with Crippen molar-refractivity contribution in [3.05, 3.63) is 65.0 Å². The fraction of sp³-hybridized carbons (Fsp3) is 0.320. The van der Waals surface area contributed by atoms with Crippen LogP contribution in [-0.2, 0) is 9.53 Å². The maximum Gasteiger partial charge on any atom is 0.408 e. The van der Waals surface area contributed by atoms with Gasteiger partial charge in [-0.25, -0.2) is 14.4 Å². The van der Waals surface area contributed by atoms with Crippen LogP contribution in [0.2, 0.25) is 0 Å². The SMILES string of the molecule is CC(C)C(NC(=O)OC(C)(C)C)C(=O)Oc1ccc2c(-c3ccccc3)cc(=O)oc2c1. The molecule has 0 saturated heterocycles. The van der Waals surface area contributed by atoms with Crippen LogP contribution in [0.4, 0.5) is 4.79 Å². The minimum atomic E-state index is -0.914. The molecule has 1 heterocycles. The van der Waals surface area contributed by atoms with E-state index < -0.39 is 29.3 Å². The largest absolute Gasteiger partial charge is 0.444 e. The number of hydrogen-bond donors (Lipinski definition) is 1. The lowest BCUT2D eigenvalue weighted by Crippen LogP contribution is -2.48. The highest BCUT2D eigenvalue weighted by molar-refractivity contribution is 5.94. The van der Waals surface area contributed by atoms with Crippen molar-refractivity contribution >= 4 is 23.0 Å². The molecule has 7 heteroatoms. The molecule has 1 amide bonds. The van der Waals surface area contributed by atoms with Gasteiger partial charge in [0.25, 0.3) is 0 Å². The van der Waals surface area contributed by atoms with Gasteiger partial charge in [0.15, 0.2) is 0 Å². The van der Waals surface area contributed by atoms with Gasteiger partial charge in [-0.15, -0.1) is 0 Å². The first-order valence-electron chi connectivity index (χ1n) is 10.4. The normalized spacial score (nSPS) is 12.4. The molecule has 1 aromatic heterocycles. The summed E-state index contributed by atoms with van der Waals surface area (Å²) in [5.74, 6) is -0.683. The standard InChI is InChI=1S/C25H27NO6/c1-15(2)22(26-24(29)32-25(3,4)5)23(28)30-17-11-12-18-19(16-9-7-6-8-10-16)14-21(27)31-20(18)13-17/h6-15,22H,1-5H3,(H,26,29). The predicted molar refractivity (Wildman–Crippen MR) is 122 cm³/mol. The Hall–Kier alpha value is -3.61. The molecule has 168 valence electrons. The zero-order valence-corrected chi connectivity index (χ0v) is 18.8. The van der Waals surface area contributed by atoms with E-state index in [1.54, 1.807) is 46.8 Å². The van der Waals surface area contributed by atoms with Gasteiger partial charge in [-0.3, -0.25) is 0 Å². The van der Waals surface area contributed by atoms with E-state index in [4.69, 9.17) is 13.9 Å². The zero-order valence-electron chi connectivity index (χ0n) is 18.8. The number of nitrogens with one attached hydrogen (secondary N) is 1. The summed E-state index contributed by atoms with van der Waals surface area (Å²) in [6, 6.07) is 14.8. The molecule has 32 heavy (non-hydrogen) atoms. The Balaban J connectivity index is 1.85. The smallest absolute Gasteiger partial charge is 0.408 e. The van der Waals surface area contributed by atoms with Crippen molar-refractivity contribution in [3.63, 3.8) is 0 Å². The number of ether oxygens (including phenoxy) is 2. The Kier molecular flexibility index (Phi) is 6.67. The van der Waals surface area contributed by atoms with Crippen LogP contribution in [-0.4, -0.2) is 23.7 Å². The van der Waals surface area contributed by atoms with Crippen LogP contribution in [0.3, 0.4) is 0 Å². The van der Waals surface area contributed by atoms with Crippen molar-refractivity contribution in [2.75, 3.05) is 0 Å². The first kappa shape index (κ1) is 23.1. The number of rotatable bonds is 5. The fourth-order valence-corrected chi connectivity index (χ4v) is 3.18. The van der Waals surface area contributed by atoms with Gasteiger partial charge in [0.05, 0.1) is 0 Å². The minimum absolute atomic E-state index is 0.201. The first-order chi connectivity index (χ1) is 15.0. The van der Waals surface area contributed by atoms with E-state index in [0.29, 0.717) is 11.0 Å². The Morgan fingerprint density at radius 1 is 1.00 bits per heavy atom. The summed E-state index contributed by atoms with van der Waals surface area (Å²) in [5.41, 5.74) is 0.689. The van der Waals surface area contributed by atoms with E-state index in [9.17, 15) is 14.4 Å². The lowest BCUT2D eigenvalue weighted by molar-refractivity contribution is -0.137. The van der Waals surface area contributed by atoms with Crippen molar-refractivity contribution in [3.8, 4) is 16.9 Å². The molecule has 0 aliphatic carbocycles. The molecule has 0 radical (unpaired) electrons. The van der Waals surface area contributed by atoms with Crippen LogP contribution in [0.5, 0.6) is 5.75 Å². The average molecular weight is 437 g/mol. The number of fused-ring (bicyclic) bond motifs is 1. The number of alkyl carbamates (subject to hydrolysis) is 1. The summed E-state index contributed by atoms with van der Waals surface area (Å²) in [6.07, 6.45) is -0.704. The van der Waals surface area contributed by atoms with Crippen LogP contribution >= 0.6 is 0 Å². The summed E-state index contributed by atoms with van der Waals surface area (Å²) in [7, 11) is 0. The topological polar surface area (TPSA) is 94.8 Å².